The standard InChI is InChI=1S/C36H45F3N8O2S2/c1-4-33-42-34(31-18-28(19-36(37,38)39)50-35(31)43-33)41-26-9-11-44(12-10-26)22-25-5-8-32-30(24(25)3)17-27(20-40)47(32)21-23(2)45-13-15-46(16-14-45)51(48,49)29-6-7-29/h5,8,17-18,23,26,29H,4,6-7,9-16,19,21-22H2,1-3H3,(H,41,42,43)/t23-/m0/s1. The van der Waals surface area contributed by atoms with Gasteiger partial charge in [-0.15, -0.1) is 11.3 Å². The Kier molecular flexibility index (Phi) is 10.1. The summed E-state index contributed by atoms with van der Waals surface area (Å²) in [7, 11) is -3.16. The summed E-state index contributed by atoms with van der Waals surface area (Å²) in [6, 6.07) is 10.6. The quantitative estimate of drug-likeness (QED) is 0.197. The van der Waals surface area contributed by atoms with Crippen LogP contribution in [-0.4, -0.2) is 99.8 Å². The second-order valence-corrected chi connectivity index (χ2v) is 17.7. The van der Waals surface area contributed by atoms with Crippen molar-refractivity contribution in [3.05, 3.63) is 51.8 Å². The van der Waals surface area contributed by atoms with Crippen LogP contribution in [0.5, 0.6) is 0 Å². The first-order valence-corrected chi connectivity index (χ1v) is 20.2. The van der Waals surface area contributed by atoms with E-state index in [-0.39, 0.29) is 22.2 Å². The minimum Gasteiger partial charge on any atom is -0.367 e. The number of benzene rings is 1. The fourth-order valence-corrected chi connectivity index (χ4v) is 10.5. The van der Waals surface area contributed by atoms with E-state index in [2.05, 4.69) is 61.7 Å². The summed E-state index contributed by atoms with van der Waals surface area (Å²) in [6.07, 6.45) is -1.33. The molecular formula is C36H45F3N8O2S2. The number of rotatable bonds is 11. The molecule has 15 heteroatoms. The van der Waals surface area contributed by atoms with Crippen molar-refractivity contribution in [1.29, 1.82) is 5.26 Å². The van der Waals surface area contributed by atoms with Crippen molar-refractivity contribution in [2.45, 2.75) is 95.9 Å². The van der Waals surface area contributed by atoms with Crippen LogP contribution in [-0.2, 0) is 36.0 Å². The molecule has 1 N–H and O–H groups in total. The third-order valence-corrected chi connectivity index (χ3v) is 14.2. The van der Waals surface area contributed by atoms with Crippen molar-refractivity contribution in [2.24, 2.45) is 0 Å². The molecule has 2 aliphatic heterocycles. The lowest BCUT2D eigenvalue weighted by Gasteiger charge is -2.37. The third-order valence-electron chi connectivity index (χ3n) is 10.7. The van der Waals surface area contributed by atoms with Gasteiger partial charge in [0.2, 0.25) is 10.0 Å². The van der Waals surface area contributed by atoms with Crippen LogP contribution in [0.25, 0.3) is 21.1 Å². The van der Waals surface area contributed by atoms with Gasteiger partial charge in [-0.1, -0.05) is 13.0 Å². The summed E-state index contributed by atoms with van der Waals surface area (Å²) in [6.45, 7) is 11.8. The number of anilines is 1. The topological polar surface area (TPSA) is 110 Å². The number of aryl methyl sites for hydroxylation is 2. The van der Waals surface area contributed by atoms with Crippen molar-refractivity contribution < 1.29 is 21.6 Å². The molecule has 3 aromatic heterocycles. The smallest absolute Gasteiger partial charge is 0.367 e. The monoisotopic (exact) mass is 742 g/mol. The van der Waals surface area contributed by atoms with E-state index in [1.165, 1.54) is 5.56 Å². The minimum absolute atomic E-state index is 0.141. The van der Waals surface area contributed by atoms with Crippen LogP contribution in [0.15, 0.2) is 24.3 Å². The van der Waals surface area contributed by atoms with Crippen LogP contribution >= 0.6 is 11.3 Å². The molecule has 0 amide bonds. The Bertz CT molecular complexity index is 2050. The molecule has 3 aliphatic rings. The molecule has 0 radical (unpaired) electrons. The Morgan fingerprint density at radius 3 is 2.41 bits per heavy atom. The number of nitrogens with one attached hydrogen (secondary N) is 1. The van der Waals surface area contributed by atoms with Crippen LogP contribution in [0.3, 0.4) is 0 Å². The number of hydrogen-bond donors (Lipinski definition) is 1. The molecule has 5 heterocycles. The number of piperidine rings is 1. The van der Waals surface area contributed by atoms with Crippen molar-refractivity contribution in [3.63, 3.8) is 0 Å². The molecule has 51 heavy (non-hydrogen) atoms. The van der Waals surface area contributed by atoms with Gasteiger partial charge in [0.25, 0.3) is 0 Å². The summed E-state index contributed by atoms with van der Waals surface area (Å²) < 4.78 is 68.5. The lowest BCUT2D eigenvalue weighted by atomic mass is 10.0. The van der Waals surface area contributed by atoms with Crippen molar-refractivity contribution in [1.82, 2.24) is 28.6 Å². The molecule has 7 rings (SSSR count). The highest BCUT2D eigenvalue weighted by atomic mass is 32.2. The second kappa shape index (κ2) is 14.3. The number of aromatic nitrogens is 3. The molecule has 4 aromatic rings. The number of piperazine rings is 1. The SMILES string of the molecule is CCc1nc(NC2CCN(Cc3ccc4c(cc(C#N)n4C[C@H](C)N4CCN(S(=O)(=O)C5CC5)CC4)c3C)CC2)c2cc(CC(F)(F)F)sc2n1. The van der Waals surface area contributed by atoms with Gasteiger partial charge in [-0.3, -0.25) is 9.80 Å². The predicted octanol–water partition coefficient (Wildman–Crippen LogP) is 6.07. The van der Waals surface area contributed by atoms with Crippen LogP contribution in [0, 0.1) is 18.3 Å². The first-order chi connectivity index (χ1) is 24.3. The van der Waals surface area contributed by atoms with Crippen LogP contribution in [0.2, 0.25) is 0 Å². The van der Waals surface area contributed by atoms with E-state index >= 15 is 0 Å². The van der Waals surface area contributed by atoms with Crippen molar-refractivity contribution in [3.8, 4) is 6.07 Å². The van der Waals surface area contributed by atoms with Gasteiger partial charge < -0.3 is 9.88 Å². The van der Waals surface area contributed by atoms with Gasteiger partial charge in [-0.25, -0.2) is 18.4 Å². The predicted molar refractivity (Wildman–Crippen MR) is 194 cm³/mol. The zero-order valence-electron chi connectivity index (χ0n) is 29.3. The number of nitrogens with zero attached hydrogens (tertiary/aromatic N) is 7. The minimum atomic E-state index is -4.27. The van der Waals surface area contributed by atoms with Gasteiger partial charge in [-0.05, 0) is 68.9 Å². The van der Waals surface area contributed by atoms with Crippen LogP contribution < -0.4 is 5.32 Å². The van der Waals surface area contributed by atoms with Gasteiger partial charge in [0, 0.05) is 86.6 Å². The Balaban J connectivity index is 0.983. The number of sulfonamides is 1. The van der Waals surface area contributed by atoms with Crippen molar-refractivity contribution in [2.75, 3.05) is 44.6 Å². The van der Waals surface area contributed by atoms with E-state index in [9.17, 15) is 26.9 Å². The molecule has 0 spiro atoms. The Morgan fingerprint density at radius 2 is 1.76 bits per heavy atom. The average molecular weight is 743 g/mol. The molecule has 1 aromatic carbocycles. The number of thiophene rings is 1. The van der Waals surface area contributed by atoms with E-state index in [0.717, 1.165) is 73.1 Å². The summed E-state index contributed by atoms with van der Waals surface area (Å²) >= 11 is 1.09. The highest BCUT2D eigenvalue weighted by Crippen LogP contribution is 2.35. The van der Waals surface area contributed by atoms with E-state index in [4.69, 9.17) is 0 Å². The maximum absolute atomic E-state index is 13.1. The molecular weight excluding hydrogens is 698 g/mol. The maximum atomic E-state index is 13.1. The fourth-order valence-electron chi connectivity index (χ4n) is 7.58. The zero-order chi connectivity index (χ0) is 36.1. The number of halogens is 3. The third kappa shape index (κ3) is 7.76. The maximum Gasteiger partial charge on any atom is 0.393 e. The second-order valence-electron chi connectivity index (χ2n) is 14.3. The van der Waals surface area contributed by atoms with E-state index in [1.807, 2.05) is 13.0 Å². The summed E-state index contributed by atoms with van der Waals surface area (Å²) in [5.41, 5.74) is 4.04. The summed E-state index contributed by atoms with van der Waals surface area (Å²) in [4.78, 5) is 14.8. The molecule has 1 saturated carbocycles. The van der Waals surface area contributed by atoms with Crippen LogP contribution in [0.1, 0.15) is 67.1 Å². The number of alkyl halides is 3. The molecule has 1 atom stereocenters. The van der Waals surface area contributed by atoms with Gasteiger partial charge in [-0.2, -0.15) is 22.7 Å². The Morgan fingerprint density at radius 1 is 1.04 bits per heavy atom. The molecule has 0 bridgehead atoms. The zero-order valence-corrected chi connectivity index (χ0v) is 31.0. The van der Waals surface area contributed by atoms with E-state index < -0.39 is 22.6 Å². The molecule has 274 valence electrons. The summed E-state index contributed by atoms with van der Waals surface area (Å²) in [5, 5.41) is 15.2. The first kappa shape index (κ1) is 36.1. The molecule has 1 aliphatic carbocycles. The average Bonchev–Trinajstić information content (AvgIpc) is 3.81. The Hall–Kier alpha value is -3.29. The number of nitriles is 1. The van der Waals surface area contributed by atoms with Gasteiger partial charge >= 0.3 is 6.18 Å². The van der Waals surface area contributed by atoms with Gasteiger partial charge in [0.05, 0.1) is 17.1 Å². The van der Waals surface area contributed by atoms with Crippen molar-refractivity contribution >= 4 is 48.3 Å². The normalized spacial score (nSPS) is 19.5. The van der Waals surface area contributed by atoms with Gasteiger partial charge in [0.15, 0.2) is 0 Å². The summed E-state index contributed by atoms with van der Waals surface area (Å²) in [5.74, 6) is 1.24. The number of fused-ring (bicyclic) bond motifs is 2. The number of likely N-dealkylation sites (tertiary alicyclic amines) is 1. The lowest BCUT2D eigenvalue weighted by Crippen LogP contribution is -2.52. The first-order valence-electron chi connectivity index (χ1n) is 17.9. The largest absolute Gasteiger partial charge is 0.393 e. The molecule has 10 nitrogen and oxygen atoms in total. The molecule has 0 unspecified atom stereocenters. The van der Waals surface area contributed by atoms with E-state index in [0.29, 0.717) is 66.7 Å². The van der Waals surface area contributed by atoms with Crippen LogP contribution in [0.4, 0.5) is 19.0 Å². The fraction of sp³-hybridized carbons (Fsp3) is 0.583. The Labute approximate surface area is 301 Å². The lowest BCUT2D eigenvalue weighted by molar-refractivity contribution is -0.126. The molecule has 3 fully saturated rings. The number of hydrogen-bond acceptors (Lipinski definition) is 9. The molecule has 2 saturated heterocycles. The highest BCUT2D eigenvalue weighted by molar-refractivity contribution is 7.90. The van der Waals surface area contributed by atoms with E-state index in [1.54, 1.807) is 10.4 Å². The highest BCUT2D eigenvalue weighted by Gasteiger charge is 2.41. The van der Waals surface area contributed by atoms with Gasteiger partial charge in [0.1, 0.15) is 28.2 Å².